The van der Waals surface area contributed by atoms with E-state index < -0.39 is 4.92 Å². The van der Waals surface area contributed by atoms with Crippen LogP contribution in [0.5, 0.6) is 0 Å². The first-order valence-corrected chi connectivity index (χ1v) is 6.34. The zero-order valence-electron chi connectivity index (χ0n) is 10.2. The first-order chi connectivity index (χ1) is 8.99. The van der Waals surface area contributed by atoms with Gasteiger partial charge in [-0.25, -0.2) is 0 Å². The molecular weight excluding hydrogens is 310 g/mol. The molecule has 98 valence electrons. The third kappa shape index (κ3) is 2.85. The highest BCUT2D eigenvalue weighted by Crippen LogP contribution is 2.30. The third-order valence-electron chi connectivity index (χ3n) is 2.78. The van der Waals surface area contributed by atoms with Crippen molar-refractivity contribution < 1.29 is 4.92 Å². The Kier molecular flexibility index (Phi) is 3.71. The average molecular weight is 322 g/mol. The van der Waals surface area contributed by atoms with Crippen LogP contribution in [0.2, 0.25) is 0 Å². The van der Waals surface area contributed by atoms with E-state index in [-0.39, 0.29) is 5.69 Å². The van der Waals surface area contributed by atoms with Gasteiger partial charge in [-0.05, 0) is 30.7 Å². The molecule has 0 radical (unpaired) electrons. The van der Waals surface area contributed by atoms with E-state index in [9.17, 15) is 10.1 Å². The molecule has 2 aromatic rings. The van der Waals surface area contributed by atoms with Gasteiger partial charge in [-0.1, -0.05) is 22.0 Å². The van der Waals surface area contributed by atoms with E-state index in [2.05, 4.69) is 21.2 Å². The van der Waals surface area contributed by atoms with Crippen LogP contribution in [0.3, 0.4) is 0 Å². The first-order valence-electron chi connectivity index (χ1n) is 5.55. The quantitative estimate of drug-likeness (QED) is 0.508. The van der Waals surface area contributed by atoms with Crippen LogP contribution in [0.15, 0.2) is 40.9 Å². The predicted octanol–water partition coefficient (Wildman–Crippen LogP) is 3.99. The predicted molar refractivity (Wildman–Crippen MR) is 79.7 cm³/mol. The molecule has 0 unspecified atom stereocenters. The summed E-state index contributed by atoms with van der Waals surface area (Å²) < 4.78 is 0.984. The number of halogens is 1. The van der Waals surface area contributed by atoms with Crippen LogP contribution >= 0.6 is 15.9 Å². The maximum absolute atomic E-state index is 10.6. The van der Waals surface area contributed by atoms with Gasteiger partial charge in [0.1, 0.15) is 0 Å². The van der Waals surface area contributed by atoms with Crippen molar-refractivity contribution in [2.45, 2.75) is 6.92 Å². The Hall–Kier alpha value is -2.08. The number of nitrogens with two attached hydrogens (primary N) is 1. The molecular formula is C13H12BrN3O2. The number of nitrogens with one attached hydrogen (secondary N) is 1. The van der Waals surface area contributed by atoms with Crippen molar-refractivity contribution in [1.29, 1.82) is 0 Å². The Morgan fingerprint density at radius 2 is 2.00 bits per heavy atom. The molecule has 0 fully saturated rings. The minimum atomic E-state index is -0.468. The number of hydrogen-bond acceptors (Lipinski definition) is 4. The second-order valence-corrected chi connectivity index (χ2v) is 4.92. The smallest absolute Gasteiger partial charge is 0.271 e. The summed E-state index contributed by atoms with van der Waals surface area (Å²) >= 11 is 3.45. The Bertz CT molecular complexity index is 644. The molecule has 0 aliphatic carbocycles. The average Bonchev–Trinajstić information content (AvgIpc) is 2.37. The number of hydrogen-bond donors (Lipinski definition) is 2. The minimum absolute atomic E-state index is 0.0194. The highest BCUT2D eigenvalue weighted by atomic mass is 79.9. The number of benzene rings is 2. The van der Waals surface area contributed by atoms with Crippen LogP contribution < -0.4 is 11.1 Å². The van der Waals surface area contributed by atoms with Crippen LogP contribution in [0, 0.1) is 17.0 Å². The van der Waals surface area contributed by atoms with Gasteiger partial charge < -0.3 is 11.1 Å². The minimum Gasteiger partial charge on any atom is -0.397 e. The standard InChI is InChI=1S/C13H12BrN3O2/c1-8-10(14)3-2-4-12(8)16-13-6-5-9(17(18)19)7-11(13)15/h2-7,16H,15H2,1H3. The molecule has 0 amide bonds. The maximum atomic E-state index is 10.6. The van der Waals surface area contributed by atoms with Gasteiger partial charge in [-0.2, -0.15) is 0 Å². The molecule has 0 saturated carbocycles. The number of non-ortho nitro benzene ring substituents is 1. The van der Waals surface area contributed by atoms with E-state index in [4.69, 9.17) is 5.73 Å². The zero-order chi connectivity index (χ0) is 14.0. The lowest BCUT2D eigenvalue weighted by atomic mass is 10.2. The van der Waals surface area contributed by atoms with Gasteiger partial charge in [0.2, 0.25) is 0 Å². The summed E-state index contributed by atoms with van der Waals surface area (Å²) in [6.07, 6.45) is 0. The Labute approximate surface area is 118 Å². The van der Waals surface area contributed by atoms with E-state index >= 15 is 0 Å². The van der Waals surface area contributed by atoms with Crippen LogP contribution in [0.1, 0.15) is 5.56 Å². The number of anilines is 3. The monoisotopic (exact) mass is 321 g/mol. The van der Waals surface area contributed by atoms with Crippen molar-refractivity contribution >= 4 is 38.7 Å². The Morgan fingerprint density at radius 3 is 2.63 bits per heavy atom. The lowest BCUT2D eigenvalue weighted by molar-refractivity contribution is -0.384. The third-order valence-corrected chi connectivity index (χ3v) is 3.64. The lowest BCUT2D eigenvalue weighted by Gasteiger charge is -2.12. The van der Waals surface area contributed by atoms with E-state index in [1.54, 1.807) is 6.07 Å². The summed E-state index contributed by atoms with van der Waals surface area (Å²) in [5.41, 5.74) is 8.72. The molecule has 2 rings (SSSR count). The van der Waals surface area contributed by atoms with Crippen molar-refractivity contribution in [3.05, 3.63) is 56.5 Å². The summed E-state index contributed by atoms with van der Waals surface area (Å²) in [5.74, 6) is 0. The van der Waals surface area contributed by atoms with Gasteiger partial charge >= 0.3 is 0 Å². The fourth-order valence-corrected chi connectivity index (χ4v) is 2.03. The molecule has 0 bridgehead atoms. The second kappa shape index (κ2) is 5.27. The SMILES string of the molecule is Cc1c(Br)cccc1Nc1ccc([N+](=O)[O-])cc1N. The van der Waals surface area contributed by atoms with Gasteiger partial charge in [0, 0.05) is 22.3 Å². The van der Waals surface area contributed by atoms with E-state index in [1.807, 2.05) is 25.1 Å². The topological polar surface area (TPSA) is 81.2 Å². The molecule has 0 saturated heterocycles. The molecule has 5 nitrogen and oxygen atoms in total. The molecule has 0 aromatic heterocycles. The van der Waals surface area contributed by atoms with Crippen molar-refractivity contribution in [2.24, 2.45) is 0 Å². The highest BCUT2D eigenvalue weighted by Gasteiger charge is 2.10. The van der Waals surface area contributed by atoms with Crippen LogP contribution in [-0.4, -0.2) is 4.92 Å². The van der Waals surface area contributed by atoms with Crippen molar-refractivity contribution in [1.82, 2.24) is 0 Å². The fraction of sp³-hybridized carbons (Fsp3) is 0.0769. The largest absolute Gasteiger partial charge is 0.397 e. The summed E-state index contributed by atoms with van der Waals surface area (Å²) in [7, 11) is 0. The van der Waals surface area contributed by atoms with Gasteiger partial charge in [0.05, 0.1) is 16.3 Å². The normalized spacial score (nSPS) is 10.2. The lowest BCUT2D eigenvalue weighted by Crippen LogP contribution is -1.99. The van der Waals surface area contributed by atoms with Crippen molar-refractivity contribution in [3.8, 4) is 0 Å². The summed E-state index contributed by atoms with van der Waals surface area (Å²) in [6.45, 7) is 1.97. The van der Waals surface area contributed by atoms with Gasteiger partial charge in [-0.15, -0.1) is 0 Å². The number of rotatable bonds is 3. The van der Waals surface area contributed by atoms with Gasteiger partial charge in [0.25, 0.3) is 5.69 Å². The maximum Gasteiger partial charge on any atom is 0.271 e. The molecule has 2 aromatic carbocycles. The number of nitro groups is 1. The zero-order valence-corrected chi connectivity index (χ0v) is 11.8. The van der Waals surface area contributed by atoms with Gasteiger partial charge in [0.15, 0.2) is 0 Å². The van der Waals surface area contributed by atoms with E-state index in [1.165, 1.54) is 12.1 Å². The van der Waals surface area contributed by atoms with Crippen LogP contribution in [0.4, 0.5) is 22.7 Å². The van der Waals surface area contributed by atoms with Crippen LogP contribution in [-0.2, 0) is 0 Å². The summed E-state index contributed by atoms with van der Waals surface area (Å²) in [4.78, 5) is 10.2. The number of nitro benzene ring substituents is 1. The highest BCUT2D eigenvalue weighted by molar-refractivity contribution is 9.10. The Balaban J connectivity index is 2.34. The first kappa shape index (κ1) is 13.4. The number of nitrogens with zero attached hydrogens (tertiary/aromatic N) is 1. The molecule has 0 aliphatic heterocycles. The summed E-state index contributed by atoms with van der Waals surface area (Å²) in [5, 5.41) is 13.8. The van der Waals surface area contributed by atoms with E-state index in [0.717, 1.165) is 15.7 Å². The molecule has 6 heteroatoms. The molecule has 3 N–H and O–H groups in total. The van der Waals surface area contributed by atoms with Crippen molar-refractivity contribution in [3.63, 3.8) is 0 Å². The molecule has 0 aliphatic rings. The number of nitrogen functional groups attached to an aromatic ring is 1. The second-order valence-electron chi connectivity index (χ2n) is 4.07. The van der Waals surface area contributed by atoms with E-state index in [0.29, 0.717) is 11.4 Å². The Morgan fingerprint density at radius 1 is 1.26 bits per heavy atom. The molecule has 0 spiro atoms. The van der Waals surface area contributed by atoms with Gasteiger partial charge in [-0.3, -0.25) is 10.1 Å². The van der Waals surface area contributed by atoms with Crippen molar-refractivity contribution in [2.75, 3.05) is 11.1 Å². The molecule has 19 heavy (non-hydrogen) atoms. The summed E-state index contributed by atoms with van der Waals surface area (Å²) in [6, 6.07) is 10.1. The molecule has 0 heterocycles. The van der Waals surface area contributed by atoms with Crippen LogP contribution in [0.25, 0.3) is 0 Å². The fourth-order valence-electron chi connectivity index (χ4n) is 1.67. The molecule has 0 atom stereocenters.